The molecule has 0 radical (unpaired) electrons. The predicted octanol–water partition coefficient (Wildman–Crippen LogP) is 2.67. The lowest BCUT2D eigenvalue weighted by Crippen LogP contribution is -2.41. The highest BCUT2D eigenvalue weighted by atomic mass is 35.5. The normalized spacial score (nSPS) is 13.1. The van der Waals surface area contributed by atoms with Gasteiger partial charge in [0, 0.05) is 37.9 Å². The molecule has 9 nitrogen and oxygen atoms in total. The average molecular weight is 576 g/mol. The van der Waals surface area contributed by atoms with Gasteiger partial charge in [-0.15, -0.1) is 49.6 Å². The Bertz CT molecular complexity index is 1020. The molecule has 202 valence electrons. The fraction of sp³-hybridized carbons (Fsp3) is 0.455. The quantitative estimate of drug-likeness (QED) is 0.410. The molecule has 2 aromatic heterocycles. The molecule has 13 heteroatoms. The van der Waals surface area contributed by atoms with Crippen LogP contribution in [-0.4, -0.2) is 67.7 Å². The lowest BCUT2D eigenvalue weighted by molar-refractivity contribution is 0.224. The van der Waals surface area contributed by atoms with E-state index in [1.54, 1.807) is 6.07 Å². The molecule has 1 fully saturated rings. The number of anilines is 1. The van der Waals surface area contributed by atoms with E-state index in [0.29, 0.717) is 24.8 Å². The molecule has 0 spiro atoms. The third-order valence-electron chi connectivity index (χ3n) is 5.73. The molecular weight excluding hydrogens is 538 g/mol. The number of halogens is 4. The van der Waals surface area contributed by atoms with Gasteiger partial charge in [0.25, 0.3) is 0 Å². The third-order valence-corrected chi connectivity index (χ3v) is 5.73. The van der Waals surface area contributed by atoms with E-state index in [2.05, 4.69) is 32.8 Å². The molecule has 0 unspecified atom stereocenters. The lowest BCUT2D eigenvalue weighted by Gasteiger charge is -2.32. The van der Waals surface area contributed by atoms with Gasteiger partial charge in [0.05, 0.1) is 17.6 Å². The molecule has 0 atom stereocenters. The zero-order valence-electron chi connectivity index (χ0n) is 19.9. The number of aromatic hydroxyl groups is 1. The first kappa shape index (κ1) is 38.0. The molecule has 1 aliphatic rings. The van der Waals surface area contributed by atoms with Crippen LogP contribution in [0.2, 0.25) is 0 Å². The highest BCUT2D eigenvalue weighted by molar-refractivity contribution is 5.86. The Morgan fingerprint density at radius 2 is 1.66 bits per heavy atom. The van der Waals surface area contributed by atoms with Gasteiger partial charge in [-0.3, -0.25) is 4.98 Å². The number of nitrogens with zero attached hydrogens (tertiary/aromatic N) is 4. The molecule has 0 aliphatic carbocycles. The summed E-state index contributed by atoms with van der Waals surface area (Å²) in [5.74, 6) is 1.06. The van der Waals surface area contributed by atoms with Crippen LogP contribution in [0.15, 0.2) is 30.3 Å². The standard InChI is InChI=1S/C22H30N6O.4ClH.2H2O/c1-15-4-3-5-18-21(15)28(14-19-20(29)7-6-16(2)24-19)22(26-18)25-17-8-11-27(12-9-17)13-10-23;;;;;;/h3-7,17,29H,8-14,23H2,1-2H3,(H,25,26);4*1H;2*1H2. The fourth-order valence-corrected chi connectivity index (χ4v) is 4.16. The highest BCUT2D eigenvalue weighted by Gasteiger charge is 2.22. The van der Waals surface area contributed by atoms with Crippen molar-refractivity contribution in [3.63, 3.8) is 0 Å². The molecule has 3 heterocycles. The number of benzene rings is 1. The maximum absolute atomic E-state index is 10.3. The van der Waals surface area contributed by atoms with Gasteiger partial charge in [-0.2, -0.15) is 0 Å². The van der Waals surface area contributed by atoms with Crippen molar-refractivity contribution >= 4 is 66.6 Å². The van der Waals surface area contributed by atoms with Crippen LogP contribution in [0.25, 0.3) is 11.0 Å². The molecule has 1 aromatic carbocycles. The van der Waals surface area contributed by atoms with E-state index in [-0.39, 0.29) is 66.3 Å². The maximum atomic E-state index is 10.3. The van der Waals surface area contributed by atoms with Crippen LogP contribution in [0.3, 0.4) is 0 Å². The number of imidazole rings is 1. The number of rotatable bonds is 6. The van der Waals surface area contributed by atoms with Crippen LogP contribution >= 0.6 is 49.6 Å². The Labute approximate surface area is 231 Å². The summed E-state index contributed by atoms with van der Waals surface area (Å²) in [5.41, 5.74) is 10.4. The largest absolute Gasteiger partial charge is 0.506 e. The lowest BCUT2D eigenvalue weighted by atomic mass is 10.1. The Kier molecular flexibility index (Phi) is 18.4. The second-order valence-electron chi connectivity index (χ2n) is 7.93. The van der Waals surface area contributed by atoms with Crippen molar-refractivity contribution in [1.29, 1.82) is 0 Å². The third kappa shape index (κ3) is 8.80. The molecule has 0 bridgehead atoms. The smallest absolute Gasteiger partial charge is 0.204 e. The highest BCUT2D eigenvalue weighted by Crippen LogP contribution is 2.27. The Hall–Kier alpha value is -1.56. The maximum Gasteiger partial charge on any atom is 0.204 e. The summed E-state index contributed by atoms with van der Waals surface area (Å²) in [6.45, 7) is 8.28. The van der Waals surface area contributed by atoms with Gasteiger partial charge in [-0.25, -0.2) is 4.98 Å². The number of nitrogens with one attached hydrogen (secondary N) is 1. The SMILES string of the molecule is Cc1ccc(O)c(Cn2c(NC3CCN(CCN)CC3)nc3cccc(C)c32)n1.Cl.Cl.Cl.Cl.O.O. The molecule has 1 saturated heterocycles. The summed E-state index contributed by atoms with van der Waals surface area (Å²) in [4.78, 5) is 11.9. The van der Waals surface area contributed by atoms with E-state index in [1.807, 2.05) is 25.1 Å². The summed E-state index contributed by atoms with van der Waals surface area (Å²) in [6.07, 6.45) is 2.13. The van der Waals surface area contributed by atoms with E-state index in [1.165, 1.54) is 0 Å². The van der Waals surface area contributed by atoms with Crippen LogP contribution < -0.4 is 11.1 Å². The van der Waals surface area contributed by atoms with E-state index in [4.69, 9.17) is 10.7 Å². The number of pyridine rings is 1. The number of para-hydroxylation sites is 1. The van der Waals surface area contributed by atoms with Crippen LogP contribution in [0.4, 0.5) is 5.95 Å². The molecule has 3 aromatic rings. The monoisotopic (exact) mass is 574 g/mol. The number of nitrogens with two attached hydrogens (primary N) is 1. The van der Waals surface area contributed by atoms with Crippen molar-refractivity contribution in [2.45, 2.75) is 39.3 Å². The van der Waals surface area contributed by atoms with Gasteiger partial charge in [-0.1, -0.05) is 12.1 Å². The van der Waals surface area contributed by atoms with Gasteiger partial charge >= 0.3 is 0 Å². The van der Waals surface area contributed by atoms with Gasteiger partial charge in [0.1, 0.15) is 11.4 Å². The molecule has 4 rings (SSSR count). The first-order valence-electron chi connectivity index (χ1n) is 10.4. The summed E-state index contributed by atoms with van der Waals surface area (Å²) in [6, 6.07) is 10.1. The van der Waals surface area contributed by atoms with Gasteiger partial charge in [0.2, 0.25) is 5.95 Å². The van der Waals surface area contributed by atoms with Crippen LogP contribution in [0.1, 0.15) is 29.8 Å². The molecule has 1 aliphatic heterocycles. The Morgan fingerprint density at radius 3 is 2.29 bits per heavy atom. The van der Waals surface area contributed by atoms with Crippen molar-refractivity contribution in [2.75, 3.05) is 31.5 Å². The number of aryl methyl sites for hydroxylation is 2. The minimum atomic E-state index is 0. The number of hydrogen-bond donors (Lipinski definition) is 3. The topological polar surface area (TPSA) is 155 Å². The first-order chi connectivity index (χ1) is 14.0. The zero-order chi connectivity index (χ0) is 20.4. The van der Waals surface area contributed by atoms with Crippen molar-refractivity contribution in [1.82, 2.24) is 19.4 Å². The first-order valence-corrected chi connectivity index (χ1v) is 10.4. The fourth-order valence-electron chi connectivity index (χ4n) is 4.16. The predicted molar refractivity (Wildman–Crippen MR) is 153 cm³/mol. The Morgan fingerprint density at radius 1 is 1.00 bits per heavy atom. The van der Waals surface area contributed by atoms with Crippen molar-refractivity contribution in [2.24, 2.45) is 5.73 Å². The van der Waals surface area contributed by atoms with E-state index < -0.39 is 0 Å². The second kappa shape index (κ2) is 17.0. The van der Waals surface area contributed by atoms with E-state index in [0.717, 1.165) is 60.7 Å². The number of fused-ring (bicyclic) bond motifs is 1. The second-order valence-corrected chi connectivity index (χ2v) is 7.93. The molecule has 0 amide bonds. The molecule has 8 N–H and O–H groups in total. The summed E-state index contributed by atoms with van der Waals surface area (Å²) < 4.78 is 2.15. The van der Waals surface area contributed by atoms with E-state index in [9.17, 15) is 5.11 Å². The minimum absolute atomic E-state index is 0. The summed E-state index contributed by atoms with van der Waals surface area (Å²) >= 11 is 0. The molecule has 35 heavy (non-hydrogen) atoms. The summed E-state index contributed by atoms with van der Waals surface area (Å²) in [5, 5.41) is 14.0. The molecular formula is C22H38Cl4N6O3. The minimum Gasteiger partial charge on any atom is -0.506 e. The zero-order valence-corrected chi connectivity index (χ0v) is 23.1. The summed E-state index contributed by atoms with van der Waals surface area (Å²) in [7, 11) is 0. The average Bonchev–Trinajstić information content (AvgIpc) is 3.05. The van der Waals surface area contributed by atoms with Gasteiger partial charge in [-0.05, 0) is 50.5 Å². The van der Waals surface area contributed by atoms with Gasteiger partial charge < -0.3 is 36.6 Å². The molecule has 0 saturated carbocycles. The van der Waals surface area contributed by atoms with Crippen molar-refractivity contribution in [3.05, 3.63) is 47.3 Å². The van der Waals surface area contributed by atoms with Crippen molar-refractivity contribution < 1.29 is 16.1 Å². The Balaban J connectivity index is -0.00000171. The van der Waals surface area contributed by atoms with E-state index >= 15 is 0 Å². The number of likely N-dealkylation sites (tertiary alicyclic amines) is 1. The number of hydrogen-bond acceptors (Lipinski definition) is 6. The number of aromatic nitrogens is 3. The van der Waals surface area contributed by atoms with Gasteiger partial charge in [0.15, 0.2) is 0 Å². The van der Waals surface area contributed by atoms with Crippen LogP contribution in [0.5, 0.6) is 5.75 Å². The van der Waals surface area contributed by atoms with Crippen LogP contribution in [-0.2, 0) is 6.54 Å². The number of piperidine rings is 1. The van der Waals surface area contributed by atoms with Crippen molar-refractivity contribution in [3.8, 4) is 5.75 Å². The van der Waals surface area contributed by atoms with Crippen LogP contribution in [0, 0.1) is 13.8 Å².